The zero-order valence-electron chi connectivity index (χ0n) is 11.3. The quantitative estimate of drug-likeness (QED) is 0.757. The summed E-state index contributed by atoms with van der Waals surface area (Å²) in [5.74, 6) is 1.02. The van der Waals surface area contributed by atoms with Crippen molar-refractivity contribution in [3.05, 3.63) is 60.2 Å². The van der Waals surface area contributed by atoms with E-state index in [1.807, 2.05) is 0 Å². The van der Waals surface area contributed by atoms with Gasteiger partial charge in [0.25, 0.3) is 0 Å². The average Bonchev–Trinajstić information content (AvgIpc) is 3.29. The van der Waals surface area contributed by atoms with Crippen LogP contribution in [0.4, 0.5) is 0 Å². The molecule has 1 aliphatic rings. The number of rotatable bonds is 6. The molecule has 0 aliphatic heterocycles. The molecule has 2 aromatic rings. The van der Waals surface area contributed by atoms with E-state index in [0.29, 0.717) is 0 Å². The van der Waals surface area contributed by atoms with Gasteiger partial charge >= 0.3 is 0 Å². The number of nitrogens with one attached hydrogen (secondary N) is 1. The molecule has 0 heterocycles. The van der Waals surface area contributed by atoms with E-state index in [0.717, 1.165) is 19.0 Å². The zero-order valence-corrected chi connectivity index (χ0v) is 11.3. The molecule has 1 aliphatic carbocycles. The third kappa shape index (κ3) is 3.68. The maximum absolute atomic E-state index is 3.53. The van der Waals surface area contributed by atoms with Crippen molar-refractivity contribution in [3.8, 4) is 11.1 Å². The molecule has 0 bridgehead atoms. The van der Waals surface area contributed by atoms with E-state index in [9.17, 15) is 0 Å². The van der Waals surface area contributed by atoms with Crippen LogP contribution in [0.1, 0.15) is 24.8 Å². The number of hydrogen-bond donors (Lipinski definition) is 1. The van der Waals surface area contributed by atoms with E-state index in [-0.39, 0.29) is 0 Å². The first-order chi connectivity index (χ1) is 9.42. The molecule has 98 valence electrons. The Labute approximate surface area is 115 Å². The summed E-state index contributed by atoms with van der Waals surface area (Å²) >= 11 is 0. The van der Waals surface area contributed by atoms with E-state index >= 15 is 0 Å². The average molecular weight is 251 g/mol. The Morgan fingerprint density at radius 2 is 1.53 bits per heavy atom. The van der Waals surface area contributed by atoms with Gasteiger partial charge in [-0.15, -0.1) is 0 Å². The second kappa shape index (κ2) is 6.03. The highest BCUT2D eigenvalue weighted by molar-refractivity contribution is 5.63. The van der Waals surface area contributed by atoms with Gasteiger partial charge < -0.3 is 5.32 Å². The summed E-state index contributed by atoms with van der Waals surface area (Å²) in [6, 6.07) is 19.4. The van der Waals surface area contributed by atoms with Crippen LogP contribution in [-0.2, 0) is 6.54 Å². The highest BCUT2D eigenvalue weighted by Crippen LogP contribution is 2.31. The molecule has 0 atom stereocenters. The first-order valence-electron chi connectivity index (χ1n) is 7.27. The predicted octanol–water partition coefficient (Wildman–Crippen LogP) is 4.24. The molecule has 1 nitrogen and oxygen atoms in total. The Hall–Kier alpha value is -1.60. The maximum atomic E-state index is 3.53. The molecule has 0 spiro atoms. The standard InChI is InChI=1S/C18H21N/c1-2-4-17(5-3-1)18-10-8-16(9-11-18)14-19-13-12-15-6-7-15/h1-5,8-11,15,19H,6-7,12-14H2. The van der Waals surface area contributed by atoms with E-state index in [2.05, 4.69) is 59.9 Å². The molecule has 0 amide bonds. The highest BCUT2D eigenvalue weighted by Gasteiger charge is 2.19. The summed E-state index contributed by atoms with van der Waals surface area (Å²) in [6.07, 6.45) is 4.25. The van der Waals surface area contributed by atoms with E-state index in [1.54, 1.807) is 0 Å². The van der Waals surface area contributed by atoms with Crippen molar-refractivity contribution in [2.75, 3.05) is 6.54 Å². The van der Waals surface area contributed by atoms with Gasteiger partial charge in [0.2, 0.25) is 0 Å². The normalized spacial score (nSPS) is 14.5. The van der Waals surface area contributed by atoms with Crippen molar-refractivity contribution >= 4 is 0 Å². The molecule has 3 rings (SSSR count). The third-order valence-electron chi connectivity index (χ3n) is 3.82. The highest BCUT2D eigenvalue weighted by atomic mass is 14.8. The fourth-order valence-corrected chi connectivity index (χ4v) is 2.39. The van der Waals surface area contributed by atoms with Crippen molar-refractivity contribution in [1.29, 1.82) is 0 Å². The molecule has 1 fully saturated rings. The second-order valence-corrected chi connectivity index (χ2v) is 5.47. The Morgan fingerprint density at radius 1 is 0.842 bits per heavy atom. The van der Waals surface area contributed by atoms with Crippen molar-refractivity contribution in [3.63, 3.8) is 0 Å². The van der Waals surface area contributed by atoms with Gasteiger partial charge in [-0.1, -0.05) is 67.4 Å². The van der Waals surface area contributed by atoms with Crippen LogP contribution in [0.15, 0.2) is 54.6 Å². The summed E-state index contributed by atoms with van der Waals surface area (Å²) < 4.78 is 0. The Kier molecular flexibility index (Phi) is 3.95. The molecule has 1 saturated carbocycles. The van der Waals surface area contributed by atoms with Crippen LogP contribution < -0.4 is 5.32 Å². The molecular weight excluding hydrogens is 230 g/mol. The summed E-state index contributed by atoms with van der Waals surface area (Å²) in [4.78, 5) is 0. The summed E-state index contributed by atoms with van der Waals surface area (Å²) in [7, 11) is 0. The summed E-state index contributed by atoms with van der Waals surface area (Å²) in [5.41, 5.74) is 3.95. The molecule has 0 saturated heterocycles. The van der Waals surface area contributed by atoms with Gasteiger partial charge in [-0.25, -0.2) is 0 Å². The van der Waals surface area contributed by atoms with Crippen LogP contribution in [0.25, 0.3) is 11.1 Å². The second-order valence-electron chi connectivity index (χ2n) is 5.47. The number of hydrogen-bond acceptors (Lipinski definition) is 1. The Morgan fingerprint density at radius 3 is 2.21 bits per heavy atom. The lowest BCUT2D eigenvalue weighted by Gasteiger charge is -2.06. The smallest absolute Gasteiger partial charge is 0.0205 e. The lowest BCUT2D eigenvalue weighted by atomic mass is 10.0. The Balaban J connectivity index is 1.53. The van der Waals surface area contributed by atoms with Crippen molar-refractivity contribution in [2.45, 2.75) is 25.8 Å². The van der Waals surface area contributed by atoms with E-state index < -0.39 is 0 Å². The lowest BCUT2D eigenvalue weighted by Crippen LogP contribution is -2.14. The minimum Gasteiger partial charge on any atom is -0.313 e. The van der Waals surface area contributed by atoms with Crippen LogP contribution in [0, 0.1) is 5.92 Å². The van der Waals surface area contributed by atoms with Crippen LogP contribution in [0.3, 0.4) is 0 Å². The third-order valence-corrected chi connectivity index (χ3v) is 3.82. The van der Waals surface area contributed by atoms with Gasteiger partial charge in [0, 0.05) is 6.54 Å². The zero-order chi connectivity index (χ0) is 12.9. The van der Waals surface area contributed by atoms with Gasteiger partial charge in [0.15, 0.2) is 0 Å². The fourth-order valence-electron chi connectivity index (χ4n) is 2.39. The maximum Gasteiger partial charge on any atom is 0.0205 e. The van der Waals surface area contributed by atoms with E-state index in [1.165, 1.54) is 36.0 Å². The van der Waals surface area contributed by atoms with Gasteiger partial charge in [-0.05, 0) is 35.6 Å². The molecule has 2 aromatic carbocycles. The van der Waals surface area contributed by atoms with Crippen molar-refractivity contribution in [1.82, 2.24) is 5.32 Å². The summed E-state index contributed by atoms with van der Waals surface area (Å²) in [5, 5.41) is 3.53. The monoisotopic (exact) mass is 251 g/mol. The first-order valence-corrected chi connectivity index (χ1v) is 7.27. The number of benzene rings is 2. The van der Waals surface area contributed by atoms with Gasteiger partial charge in [0.1, 0.15) is 0 Å². The summed E-state index contributed by atoms with van der Waals surface area (Å²) in [6.45, 7) is 2.15. The van der Waals surface area contributed by atoms with Gasteiger partial charge in [-0.2, -0.15) is 0 Å². The van der Waals surface area contributed by atoms with Gasteiger partial charge in [0.05, 0.1) is 0 Å². The van der Waals surface area contributed by atoms with Crippen LogP contribution in [0.2, 0.25) is 0 Å². The molecular formula is C18H21N. The molecule has 0 radical (unpaired) electrons. The van der Waals surface area contributed by atoms with Crippen LogP contribution in [-0.4, -0.2) is 6.54 Å². The topological polar surface area (TPSA) is 12.0 Å². The van der Waals surface area contributed by atoms with Crippen LogP contribution >= 0.6 is 0 Å². The van der Waals surface area contributed by atoms with Crippen molar-refractivity contribution in [2.24, 2.45) is 5.92 Å². The lowest BCUT2D eigenvalue weighted by molar-refractivity contribution is 0.613. The molecule has 0 aromatic heterocycles. The van der Waals surface area contributed by atoms with Crippen molar-refractivity contribution < 1.29 is 0 Å². The van der Waals surface area contributed by atoms with Crippen LogP contribution in [0.5, 0.6) is 0 Å². The van der Waals surface area contributed by atoms with Gasteiger partial charge in [-0.3, -0.25) is 0 Å². The molecule has 1 heteroatoms. The van der Waals surface area contributed by atoms with E-state index in [4.69, 9.17) is 0 Å². The minimum absolute atomic E-state index is 0.988. The first kappa shape index (κ1) is 12.4. The fraction of sp³-hybridized carbons (Fsp3) is 0.333. The molecule has 1 N–H and O–H groups in total. The largest absolute Gasteiger partial charge is 0.313 e. The molecule has 19 heavy (non-hydrogen) atoms. The molecule has 0 unspecified atom stereocenters. The Bertz CT molecular complexity index is 497. The SMILES string of the molecule is c1ccc(-c2ccc(CNCCC3CC3)cc2)cc1. The minimum atomic E-state index is 0.988. The predicted molar refractivity (Wildman–Crippen MR) is 80.9 cm³/mol.